The summed E-state index contributed by atoms with van der Waals surface area (Å²) in [6.45, 7) is 1.71. The molecule has 0 bridgehead atoms. The number of sulfonamides is 1. The Labute approximate surface area is 121 Å². The van der Waals surface area contributed by atoms with Crippen LogP contribution >= 0.6 is 0 Å². The van der Waals surface area contributed by atoms with E-state index in [9.17, 15) is 8.42 Å². The van der Waals surface area contributed by atoms with Gasteiger partial charge in [0.2, 0.25) is 10.0 Å². The molecule has 0 spiro atoms. The summed E-state index contributed by atoms with van der Waals surface area (Å²) in [5.74, 6) is 0. The summed E-state index contributed by atoms with van der Waals surface area (Å²) in [5.41, 5.74) is 3.13. The molecule has 4 nitrogen and oxygen atoms in total. The molecule has 1 aliphatic heterocycles. The molecule has 1 heterocycles. The molecule has 1 aromatic carbocycles. The maximum absolute atomic E-state index is 12.5. The molecule has 2 N–H and O–H groups in total. The van der Waals surface area contributed by atoms with Gasteiger partial charge in [-0.3, -0.25) is 4.72 Å². The summed E-state index contributed by atoms with van der Waals surface area (Å²) >= 11 is 0. The summed E-state index contributed by atoms with van der Waals surface area (Å²) in [6.07, 6.45) is 5.77. The highest BCUT2D eigenvalue weighted by Crippen LogP contribution is 2.28. The van der Waals surface area contributed by atoms with E-state index in [0.29, 0.717) is 0 Å². The van der Waals surface area contributed by atoms with E-state index in [1.807, 2.05) is 12.1 Å². The van der Waals surface area contributed by atoms with Gasteiger partial charge in [-0.1, -0.05) is 31.4 Å². The molecule has 1 fully saturated rings. The van der Waals surface area contributed by atoms with Gasteiger partial charge in [0, 0.05) is 6.54 Å². The summed E-state index contributed by atoms with van der Waals surface area (Å²) in [6, 6.07) is 5.92. The van der Waals surface area contributed by atoms with Crippen LogP contribution in [0.25, 0.3) is 0 Å². The zero-order valence-electron chi connectivity index (χ0n) is 11.7. The minimum atomic E-state index is -3.25. The van der Waals surface area contributed by atoms with Gasteiger partial charge in [0.15, 0.2) is 0 Å². The maximum Gasteiger partial charge on any atom is 0.235 e. The highest BCUT2D eigenvalue weighted by atomic mass is 32.2. The van der Waals surface area contributed by atoms with Gasteiger partial charge in [0.05, 0.1) is 10.9 Å². The third-order valence-corrected chi connectivity index (χ3v) is 6.24. The molecule has 110 valence electrons. The fourth-order valence-electron chi connectivity index (χ4n) is 3.22. The first kappa shape index (κ1) is 13.9. The average molecular weight is 294 g/mol. The van der Waals surface area contributed by atoms with Crippen LogP contribution in [0.5, 0.6) is 0 Å². The zero-order valence-corrected chi connectivity index (χ0v) is 12.5. The largest absolute Gasteiger partial charge is 0.312 e. The van der Waals surface area contributed by atoms with Crippen LogP contribution in [0.3, 0.4) is 0 Å². The van der Waals surface area contributed by atoms with Crippen molar-refractivity contribution in [2.24, 2.45) is 0 Å². The highest BCUT2D eigenvalue weighted by Gasteiger charge is 2.28. The zero-order chi connectivity index (χ0) is 14.0. The first-order valence-electron chi connectivity index (χ1n) is 7.50. The fourth-order valence-corrected chi connectivity index (χ4v) is 4.84. The predicted octanol–water partition coefficient (Wildman–Crippen LogP) is 2.41. The lowest BCUT2D eigenvalue weighted by Crippen LogP contribution is -2.31. The van der Waals surface area contributed by atoms with Crippen molar-refractivity contribution in [3.05, 3.63) is 29.3 Å². The van der Waals surface area contributed by atoms with Crippen molar-refractivity contribution in [1.29, 1.82) is 0 Å². The summed E-state index contributed by atoms with van der Waals surface area (Å²) in [5, 5.41) is 3.09. The summed E-state index contributed by atoms with van der Waals surface area (Å²) in [7, 11) is -3.25. The number of hydrogen-bond acceptors (Lipinski definition) is 3. The Morgan fingerprint density at radius 1 is 1.15 bits per heavy atom. The van der Waals surface area contributed by atoms with E-state index in [2.05, 4.69) is 16.1 Å². The lowest BCUT2D eigenvalue weighted by atomic mass is 10.00. The minimum absolute atomic E-state index is 0.219. The van der Waals surface area contributed by atoms with Crippen molar-refractivity contribution >= 4 is 15.7 Å². The van der Waals surface area contributed by atoms with E-state index >= 15 is 0 Å². The molecular formula is C15H22N2O2S. The molecule has 0 amide bonds. The van der Waals surface area contributed by atoms with Crippen molar-refractivity contribution < 1.29 is 8.42 Å². The molecule has 5 heteroatoms. The molecule has 1 saturated carbocycles. The van der Waals surface area contributed by atoms with Crippen molar-refractivity contribution in [1.82, 2.24) is 5.32 Å². The lowest BCUT2D eigenvalue weighted by molar-refractivity contribution is 0.486. The quantitative estimate of drug-likeness (QED) is 0.900. The van der Waals surface area contributed by atoms with Gasteiger partial charge >= 0.3 is 0 Å². The average Bonchev–Trinajstić information content (AvgIpc) is 2.48. The molecule has 20 heavy (non-hydrogen) atoms. The van der Waals surface area contributed by atoms with Gasteiger partial charge < -0.3 is 5.32 Å². The van der Waals surface area contributed by atoms with Crippen LogP contribution in [0, 0.1) is 0 Å². The molecule has 1 aliphatic carbocycles. The van der Waals surface area contributed by atoms with Gasteiger partial charge in [0.1, 0.15) is 0 Å². The summed E-state index contributed by atoms with van der Waals surface area (Å²) in [4.78, 5) is 0. The Morgan fingerprint density at radius 2 is 1.95 bits per heavy atom. The summed E-state index contributed by atoms with van der Waals surface area (Å²) < 4.78 is 27.9. The second-order valence-corrected chi connectivity index (χ2v) is 7.74. The number of rotatable bonds is 3. The van der Waals surface area contributed by atoms with E-state index in [4.69, 9.17) is 0 Å². The van der Waals surface area contributed by atoms with Crippen molar-refractivity contribution in [3.8, 4) is 0 Å². The van der Waals surface area contributed by atoms with Crippen LogP contribution in [0.4, 0.5) is 5.69 Å². The van der Waals surface area contributed by atoms with Crippen molar-refractivity contribution in [2.45, 2.75) is 50.3 Å². The minimum Gasteiger partial charge on any atom is -0.312 e. The molecule has 1 aromatic rings. The normalized spacial score (nSPS) is 20.4. The Kier molecular flexibility index (Phi) is 3.98. The van der Waals surface area contributed by atoms with E-state index in [1.54, 1.807) is 0 Å². The number of fused-ring (bicyclic) bond motifs is 1. The number of hydrogen-bond donors (Lipinski definition) is 2. The van der Waals surface area contributed by atoms with Gasteiger partial charge in [-0.25, -0.2) is 8.42 Å². The molecule has 3 rings (SSSR count). The molecule has 0 saturated heterocycles. The van der Waals surface area contributed by atoms with Crippen LogP contribution in [-0.2, 0) is 23.0 Å². The van der Waals surface area contributed by atoms with E-state index in [0.717, 1.165) is 62.9 Å². The second kappa shape index (κ2) is 5.74. The van der Waals surface area contributed by atoms with Crippen LogP contribution < -0.4 is 10.0 Å². The van der Waals surface area contributed by atoms with Crippen LogP contribution in [0.15, 0.2) is 18.2 Å². The smallest absolute Gasteiger partial charge is 0.235 e. The lowest BCUT2D eigenvalue weighted by Gasteiger charge is -2.25. The fraction of sp³-hybridized carbons (Fsp3) is 0.600. The van der Waals surface area contributed by atoms with Crippen LogP contribution in [0.1, 0.15) is 43.2 Å². The number of nitrogens with one attached hydrogen (secondary N) is 2. The topological polar surface area (TPSA) is 58.2 Å². The van der Waals surface area contributed by atoms with Gasteiger partial charge in [-0.2, -0.15) is 0 Å². The molecule has 0 unspecified atom stereocenters. The third kappa shape index (κ3) is 2.83. The maximum atomic E-state index is 12.5. The molecular weight excluding hydrogens is 272 g/mol. The molecule has 0 atom stereocenters. The van der Waals surface area contributed by atoms with Crippen molar-refractivity contribution in [2.75, 3.05) is 11.3 Å². The van der Waals surface area contributed by atoms with E-state index < -0.39 is 10.0 Å². The Hall–Kier alpha value is -1.07. The molecule has 2 aliphatic rings. The van der Waals surface area contributed by atoms with Gasteiger partial charge in [-0.05, 0) is 43.0 Å². The second-order valence-electron chi connectivity index (χ2n) is 5.78. The van der Waals surface area contributed by atoms with Gasteiger partial charge in [-0.15, -0.1) is 0 Å². The molecule has 0 radical (unpaired) electrons. The van der Waals surface area contributed by atoms with E-state index in [1.165, 1.54) is 5.56 Å². The first-order chi connectivity index (χ1) is 9.67. The Bertz CT molecular complexity index is 578. The predicted molar refractivity (Wildman–Crippen MR) is 81.3 cm³/mol. The number of anilines is 1. The standard InChI is InChI=1S/C15H22N2O2S/c18-20(19,13-6-2-1-3-7-13)17-15-8-4-5-12-9-10-16-11-14(12)15/h4-5,8,13,16-17H,1-3,6-7,9-11H2. The van der Waals surface area contributed by atoms with Crippen LogP contribution in [0.2, 0.25) is 0 Å². The molecule has 0 aromatic heterocycles. The Morgan fingerprint density at radius 3 is 2.75 bits per heavy atom. The van der Waals surface area contributed by atoms with Gasteiger partial charge in [0.25, 0.3) is 0 Å². The van der Waals surface area contributed by atoms with Crippen LogP contribution in [-0.4, -0.2) is 20.2 Å². The monoisotopic (exact) mass is 294 g/mol. The first-order valence-corrected chi connectivity index (χ1v) is 9.04. The van der Waals surface area contributed by atoms with Crippen molar-refractivity contribution in [3.63, 3.8) is 0 Å². The third-order valence-electron chi connectivity index (χ3n) is 4.39. The van der Waals surface area contributed by atoms with E-state index in [-0.39, 0.29) is 5.25 Å². The number of benzene rings is 1. The Balaban J connectivity index is 1.83. The SMILES string of the molecule is O=S(=O)(Nc1cccc2c1CNCC2)C1CCCCC1. The highest BCUT2D eigenvalue weighted by molar-refractivity contribution is 7.93.